The van der Waals surface area contributed by atoms with Crippen molar-refractivity contribution in [1.82, 2.24) is 5.32 Å². The van der Waals surface area contributed by atoms with Crippen molar-refractivity contribution in [3.05, 3.63) is 23.8 Å². The second-order valence-electron chi connectivity index (χ2n) is 8.06. The number of amides is 1. The third kappa shape index (κ3) is 5.39. The van der Waals surface area contributed by atoms with Crippen LogP contribution >= 0.6 is 11.8 Å². The maximum Gasteiger partial charge on any atom is 0.330 e. The molecule has 2 bridgehead atoms. The molecular formula is C21H31NO5S. The van der Waals surface area contributed by atoms with Gasteiger partial charge in [0.2, 0.25) is 0 Å². The fourth-order valence-corrected chi connectivity index (χ4v) is 5.00. The van der Waals surface area contributed by atoms with Gasteiger partial charge in [-0.2, -0.15) is 0 Å². The van der Waals surface area contributed by atoms with E-state index >= 15 is 0 Å². The summed E-state index contributed by atoms with van der Waals surface area (Å²) in [5.74, 6) is -0.245. The number of carbonyl (C=O) groups excluding carboxylic acids is 2. The van der Waals surface area contributed by atoms with Crippen molar-refractivity contribution in [3.63, 3.8) is 0 Å². The quantitative estimate of drug-likeness (QED) is 0.550. The van der Waals surface area contributed by atoms with E-state index in [0.717, 1.165) is 31.3 Å². The lowest BCUT2D eigenvalue weighted by Crippen LogP contribution is -2.59. The summed E-state index contributed by atoms with van der Waals surface area (Å²) >= 11 is 1.23. The molecule has 7 heteroatoms. The van der Waals surface area contributed by atoms with Crippen LogP contribution in [0.2, 0.25) is 0 Å². The molecule has 1 N–H and O–H groups in total. The van der Waals surface area contributed by atoms with Crippen LogP contribution in [0.3, 0.4) is 0 Å². The molecule has 0 radical (unpaired) electrons. The summed E-state index contributed by atoms with van der Waals surface area (Å²) in [6.07, 6.45) is 10.3. The lowest BCUT2D eigenvalue weighted by atomic mass is 9.90. The topological polar surface area (TPSA) is 73.9 Å². The number of hydrogen-bond acceptors (Lipinski definition) is 6. The molecule has 0 aliphatic carbocycles. The Morgan fingerprint density at radius 2 is 2.11 bits per heavy atom. The van der Waals surface area contributed by atoms with Crippen LogP contribution in [0.4, 0.5) is 4.79 Å². The molecule has 2 saturated heterocycles. The van der Waals surface area contributed by atoms with E-state index in [4.69, 9.17) is 14.2 Å². The molecule has 2 fully saturated rings. The first-order valence-corrected chi connectivity index (χ1v) is 11.1. The van der Waals surface area contributed by atoms with Gasteiger partial charge >= 0.3 is 5.97 Å². The minimum Gasteiger partial charge on any atom is -0.459 e. The van der Waals surface area contributed by atoms with E-state index in [0.29, 0.717) is 24.5 Å². The molecule has 0 spiro atoms. The van der Waals surface area contributed by atoms with Crippen LogP contribution in [-0.2, 0) is 19.0 Å². The number of rotatable bonds is 2. The summed E-state index contributed by atoms with van der Waals surface area (Å²) in [6.45, 7) is 4.17. The van der Waals surface area contributed by atoms with Crippen molar-refractivity contribution in [3.8, 4) is 0 Å². The van der Waals surface area contributed by atoms with Crippen LogP contribution in [0.25, 0.3) is 0 Å². The molecule has 5 atom stereocenters. The zero-order chi connectivity index (χ0) is 20.1. The molecule has 156 valence electrons. The second-order valence-corrected chi connectivity index (χ2v) is 9.05. The highest BCUT2D eigenvalue weighted by molar-refractivity contribution is 8.14. The molecule has 3 unspecified atom stereocenters. The van der Waals surface area contributed by atoms with Crippen LogP contribution in [0, 0.1) is 5.92 Å². The third-order valence-corrected chi connectivity index (χ3v) is 6.59. The van der Waals surface area contributed by atoms with Crippen molar-refractivity contribution in [1.29, 1.82) is 0 Å². The van der Waals surface area contributed by atoms with Crippen LogP contribution in [0.5, 0.6) is 0 Å². The summed E-state index contributed by atoms with van der Waals surface area (Å²) in [5, 5.41) is 2.88. The fourth-order valence-electron chi connectivity index (χ4n) is 4.11. The van der Waals surface area contributed by atoms with Gasteiger partial charge in [0.05, 0.1) is 12.1 Å². The molecule has 3 aliphatic heterocycles. The fraction of sp³-hybridized carbons (Fsp3) is 0.714. The van der Waals surface area contributed by atoms with Crippen LogP contribution in [-0.4, -0.2) is 48.1 Å². The van der Waals surface area contributed by atoms with E-state index in [-0.39, 0.29) is 29.5 Å². The monoisotopic (exact) mass is 409 g/mol. The van der Waals surface area contributed by atoms with Gasteiger partial charge in [-0.1, -0.05) is 36.4 Å². The van der Waals surface area contributed by atoms with E-state index in [9.17, 15) is 9.59 Å². The maximum atomic E-state index is 12.4. The first kappa shape index (κ1) is 21.4. The summed E-state index contributed by atoms with van der Waals surface area (Å²) < 4.78 is 18.0. The number of allylic oxidation sites excluding steroid dienone is 3. The van der Waals surface area contributed by atoms with Crippen molar-refractivity contribution in [2.75, 3.05) is 12.9 Å². The number of hydrogen-bond donors (Lipinski definition) is 1. The summed E-state index contributed by atoms with van der Waals surface area (Å²) in [6, 6.07) is -0.257. The maximum absolute atomic E-state index is 12.4. The van der Waals surface area contributed by atoms with E-state index < -0.39 is 5.79 Å². The Kier molecular flexibility index (Phi) is 7.23. The molecule has 0 aromatic carbocycles. The minimum atomic E-state index is -0.970. The molecule has 6 nitrogen and oxygen atoms in total. The van der Waals surface area contributed by atoms with Crippen molar-refractivity contribution in [2.24, 2.45) is 5.92 Å². The molecule has 0 aromatic rings. The largest absolute Gasteiger partial charge is 0.459 e. The van der Waals surface area contributed by atoms with E-state index in [1.54, 1.807) is 13.2 Å². The van der Waals surface area contributed by atoms with Gasteiger partial charge in [0, 0.05) is 31.8 Å². The Balaban J connectivity index is 1.82. The molecular weight excluding hydrogens is 378 g/mol. The van der Waals surface area contributed by atoms with E-state index in [1.807, 2.05) is 6.92 Å². The van der Waals surface area contributed by atoms with Gasteiger partial charge in [-0.15, -0.1) is 0 Å². The van der Waals surface area contributed by atoms with Crippen LogP contribution in [0.1, 0.15) is 52.4 Å². The molecule has 0 saturated carbocycles. The Morgan fingerprint density at radius 3 is 2.82 bits per heavy atom. The lowest BCUT2D eigenvalue weighted by molar-refractivity contribution is -0.296. The number of thioether (sulfide) groups is 1. The van der Waals surface area contributed by atoms with Crippen molar-refractivity contribution < 1.29 is 23.8 Å². The lowest BCUT2D eigenvalue weighted by Gasteiger charge is -2.46. The van der Waals surface area contributed by atoms with Crippen molar-refractivity contribution in [2.45, 2.75) is 76.4 Å². The molecule has 3 heterocycles. The highest BCUT2D eigenvalue weighted by Crippen LogP contribution is 2.39. The van der Waals surface area contributed by atoms with E-state index in [1.165, 1.54) is 11.8 Å². The van der Waals surface area contributed by atoms with Gasteiger partial charge < -0.3 is 19.5 Å². The standard InChI is InChI=1S/C21H31NO5S/c1-14-6-4-5-7-15(2)10-19(23)26-17-11-16(9-8-14)27-21(12-17,25-3)18-13-28-20(24)22-18/h4,6,10,14,16-18H,5,7-9,11-13H2,1-3H3,(H,22,24)/b6-4+,15-10-/t14-,16-,17?,18?,21?/m1/s1. The van der Waals surface area contributed by atoms with Crippen LogP contribution < -0.4 is 5.32 Å². The van der Waals surface area contributed by atoms with E-state index in [2.05, 4.69) is 24.4 Å². The number of nitrogens with one attached hydrogen (secondary N) is 1. The molecule has 3 rings (SSSR count). The number of ether oxygens (including phenoxy) is 3. The second kappa shape index (κ2) is 9.46. The van der Waals surface area contributed by atoms with Crippen molar-refractivity contribution >= 4 is 23.0 Å². The van der Waals surface area contributed by atoms with Crippen LogP contribution in [0.15, 0.2) is 23.8 Å². The summed E-state index contributed by atoms with van der Waals surface area (Å²) in [7, 11) is 1.60. The predicted octanol–water partition coefficient (Wildman–Crippen LogP) is 3.96. The number of methoxy groups -OCH3 is 1. The van der Waals surface area contributed by atoms with Gasteiger partial charge in [-0.3, -0.25) is 4.79 Å². The van der Waals surface area contributed by atoms with Gasteiger partial charge in [0.15, 0.2) is 5.79 Å². The highest BCUT2D eigenvalue weighted by atomic mass is 32.2. The summed E-state index contributed by atoms with van der Waals surface area (Å²) in [4.78, 5) is 24.2. The Labute approximate surface area is 171 Å². The molecule has 1 amide bonds. The average Bonchev–Trinajstić information content (AvgIpc) is 3.09. The normalized spacial score (nSPS) is 40.6. The first-order chi connectivity index (χ1) is 13.4. The third-order valence-electron chi connectivity index (χ3n) is 5.71. The zero-order valence-corrected chi connectivity index (χ0v) is 17.8. The minimum absolute atomic E-state index is 0.0693. The molecule has 3 aliphatic rings. The van der Waals surface area contributed by atoms with Gasteiger partial charge in [-0.25, -0.2) is 4.79 Å². The number of fused-ring (bicyclic) bond motifs is 2. The number of carbonyl (C=O) groups is 2. The molecule has 28 heavy (non-hydrogen) atoms. The zero-order valence-electron chi connectivity index (χ0n) is 16.9. The number of esters is 1. The Bertz CT molecular complexity index is 649. The Morgan fingerprint density at radius 1 is 1.29 bits per heavy atom. The summed E-state index contributed by atoms with van der Waals surface area (Å²) in [5.41, 5.74) is 1.01. The highest BCUT2D eigenvalue weighted by Gasteiger charge is 2.51. The van der Waals surface area contributed by atoms with Gasteiger partial charge in [0.25, 0.3) is 5.24 Å². The van der Waals surface area contributed by atoms with Gasteiger partial charge in [0.1, 0.15) is 6.10 Å². The SMILES string of the molecule is COC1(C2CSC(=O)N2)CC2C[C@@H](CC[C@H](C)/C=C/CC/C(C)=C\C(=O)O2)O1. The smallest absolute Gasteiger partial charge is 0.330 e. The first-order valence-electron chi connectivity index (χ1n) is 10.1. The molecule has 0 aromatic heterocycles. The van der Waals surface area contributed by atoms with Gasteiger partial charge in [-0.05, 0) is 38.5 Å². The predicted molar refractivity (Wildman–Crippen MR) is 109 cm³/mol. The average molecular weight is 410 g/mol. The Hall–Kier alpha value is -1.31.